The molecule has 1 N–H and O–H groups in total. The topological polar surface area (TPSA) is 29.5 Å². The average Bonchev–Trinajstić information content (AvgIpc) is 3.00. The van der Waals surface area contributed by atoms with Crippen molar-refractivity contribution in [2.75, 3.05) is 7.11 Å². The molecule has 1 aliphatic carbocycles. The van der Waals surface area contributed by atoms with Gasteiger partial charge in [-0.1, -0.05) is 41.5 Å². The molecule has 0 saturated heterocycles. The fourth-order valence-corrected chi connectivity index (χ4v) is 2.05. The van der Waals surface area contributed by atoms with Crippen LogP contribution >= 0.6 is 24.8 Å². The molecule has 0 aliphatic heterocycles. The molecule has 1 aromatic rings. The van der Waals surface area contributed by atoms with Gasteiger partial charge in [-0.25, -0.2) is 11.6 Å². The Kier molecular flexibility index (Phi) is 16.6. The van der Waals surface area contributed by atoms with Crippen LogP contribution in [0.3, 0.4) is 0 Å². The second-order valence-corrected chi connectivity index (χ2v) is 10.2. The van der Waals surface area contributed by atoms with Crippen molar-refractivity contribution in [1.82, 2.24) is 0 Å². The number of phenols is 1. The molecule has 1 aromatic carbocycles. The Labute approximate surface area is 196 Å². The second-order valence-electron chi connectivity index (χ2n) is 8.62. The molecule has 0 fully saturated rings. The molecule has 0 unspecified atom stereocenters. The first-order valence-electron chi connectivity index (χ1n) is 8.95. The zero-order valence-corrected chi connectivity index (χ0v) is 22.0. The van der Waals surface area contributed by atoms with Gasteiger partial charge in [-0.15, -0.1) is 31.2 Å². The van der Waals surface area contributed by atoms with E-state index in [1.165, 1.54) is 9.38 Å². The van der Waals surface area contributed by atoms with Gasteiger partial charge in [0, 0.05) is 6.07 Å². The number of benzene rings is 1. The third-order valence-electron chi connectivity index (χ3n) is 3.50. The summed E-state index contributed by atoms with van der Waals surface area (Å²) in [6.45, 7) is 17.1. The normalized spacial score (nSPS) is 12.2. The first-order valence-corrected chi connectivity index (χ1v) is 9.73. The van der Waals surface area contributed by atoms with E-state index in [2.05, 4.69) is 93.6 Å². The number of rotatable bonds is 1. The van der Waals surface area contributed by atoms with Crippen LogP contribution in [-0.4, -0.2) is 16.0 Å². The molecule has 2 nitrogen and oxygen atoms in total. The van der Waals surface area contributed by atoms with Crippen molar-refractivity contribution < 1.29 is 29.8 Å². The maximum Gasteiger partial charge on any atom is -0.147 e. The second kappa shape index (κ2) is 14.4. The molecule has 0 aromatic heterocycles. The van der Waals surface area contributed by atoms with Gasteiger partial charge in [0.1, 0.15) is 11.5 Å². The van der Waals surface area contributed by atoms with Crippen molar-refractivity contribution in [3.8, 4) is 11.5 Å². The quantitative estimate of drug-likeness (QED) is 0.358. The molecule has 0 atom stereocenters. The van der Waals surface area contributed by atoms with E-state index in [0.717, 1.165) is 12.0 Å². The summed E-state index contributed by atoms with van der Waals surface area (Å²) in [5.41, 5.74) is 2.76. The Hall–Kier alpha value is -0.536. The minimum atomic E-state index is 0. The van der Waals surface area contributed by atoms with Crippen LogP contribution < -0.4 is 4.74 Å². The Morgan fingerprint density at radius 2 is 1.50 bits per heavy atom. The number of allylic oxidation sites excluding steroid dienone is 4. The molecule has 159 valence electrons. The molecule has 0 spiro atoms. The number of methoxy groups -OCH3 is 1. The number of hydrogen-bond donors (Lipinski definition) is 1. The number of phenolic OH excluding ortho intramolecular Hbond substituents is 1. The zero-order valence-electron chi connectivity index (χ0n) is 18.8. The monoisotopic (exact) mass is 463 g/mol. The zero-order chi connectivity index (χ0) is 20.5. The van der Waals surface area contributed by atoms with Crippen LogP contribution in [0, 0.1) is 11.5 Å². The maximum atomic E-state index is 9.41. The summed E-state index contributed by atoms with van der Waals surface area (Å²) in [5.74, 6) is 0.953. The molecule has 5 heteroatoms. The number of aromatic hydroxyl groups is 1. The van der Waals surface area contributed by atoms with Crippen molar-refractivity contribution in [2.24, 2.45) is 5.41 Å². The molecule has 0 heterocycles. The summed E-state index contributed by atoms with van der Waals surface area (Å²) in [6.07, 6.45) is 8.63. The Balaban J connectivity index is -0.000000366. The van der Waals surface area contributed by atoms with Crippen molar-refractivity contribution in [3.05, 3.63) is 47.6 Å². The summed E-state index contributed by atoms with van der Waals surface area (Å²) in [5, 5.41) is 9.41. The van der Waals surface area contributed by atoms with E-state index in [9.17, 15) is 5.11 Å². The molecule has 28 heavy (non-hydrogen) atoms. The number of hydrogen-bond acceptors (Lipinski definition) is 2. The van der Waals surface area contributed by atoms with Gasteiger partial charge in [0.15, 0.2) is 0 Å². The Bertz CT molecular complexity index is 648. The molecular weight excluding hydrogens is 427 g/mol. The molecule has 0 saturated carbocycles. The third-order valence-corrected chi connectivity index (χ3v) is 3.50. The van der Waals surface area contributed by atoms with Crippen LogP contribution in [0.25, 0.3) is 0 Å². The summed E-state index contributed by atoms with van der Waals surface area (Å²) in [7, 11) is 1.60. The smallest absolute Gasteiger partial charge is 0.147 e. The molecule has 1 aliphatic rings. The van der Waals surface area contributed by atoms with E-state index in [-0.39, 0.29) is 36.0 Å². The molecule has 0 bridgehead atoms. The summed E-state index contributed by atoms with van der Waals surface area (Å²) in [4.78, 5) is 0. The molecule has 0 radical (unpaired) electrons. The Morgan fingerprint density at radius 3 is 1.79 bits per heavy atom. The molecule has 0 amide bonds. The van der Waals surface area contributed by atoms with E-state index < -0.39 is 0 Å². The van der Waals surface area contributed by atoms with Gasteiger partial charge in [0.25, 0.3) is 0 Å². The minimum absolute atomic E-state index is 0. The van der Waals surface area contributed by atoms with Gasteiger partial charge < -0.3 is 9.84 Å². The van der Waals surface area contributed by atoms with Crippen LogP contribution in [-0.2, 0) is 25.4 Å². The van der Waals surface area contributed by atoms with Gasteiger partial charge in [0.05, 0.1) is 7.11 Å². The third kappa shape index (κ3) is 14.5. The van der Waals surface area contributed by atoms with Gasteiger partial charge in [0.2, 0.25) is 0 Å². The van der Waals surface area contributed by atoms with E-state index in [1.807, 2.05) is 6.07 Å². The van der Waals surface area contributed by atoms with Crippen LogP contribution in [0.4, 0.5) is 0 Å². The fraction of sp³-hybridized carbons (Fsp3) is 0.522. The van der Waals surface area contributed by atoms with Crippen LogP contribution in [0.2, 0.25) is 0 Å². The van der Waals surface area contributed by atoms with Gasteiger partial charge in [-0.2, -0.15) is 6.08 Å². The van der Waals surface area contributed by atoms with Gasteiger partial charge in [-0.3, -0.25) is 6.08 Å². The van der Waals surface area contributed by atoms with Gasteiger partial charge in [-0.05, 0) is 28.5 Å². The van der Waals surface area contributed by atoms with Crippen molar-refractivity contribution in [1.29, 1.82) is 0 Å². The molecular formula is C23H37Cl2O2Ti. The van der Waals surface area contributed by atoms with Gasteiger partial charge >= 0.3 is 37.6 Å². The van der Waals surface area contributed by atoms with Crippen molar-refractivity contribution in [3.63, 3.8) is 0 Å². The largest absolute Gasteiger partial charge is 0.147 e. The van der Waals surface area contributed by atoms with E-state index in [4.69, 9.17) is 4.74 Å². The van der Waals surface area contributed by atoms with Crippen LogP contribution in [0.1, 0.15) is 67.4 Å². The summed E-state index contributed by atoms with van der Waals surface area (Å²) in [6, 6.07) is 5.32. The van der Waals surface area contributed by atoms with Crippen LogP contribution in [0.15, 0.2) is 35.9 Å². The standard InChI is InChI=1S/C11H16O2.C9H13.C3H6.2ClH.Ti/c1-11(2,3)8-5-9(12)7-10(6-8)13-4;1-9(2,3)8-6-4-5-7-8;1-3-2;;;/h5-7,12H,1-4H3;4,6H,5H2,1-3H3;1-2H3;2*1H;/q;-1;;;;+1. The van der Waals surface area contributed by atoms with Crippen molar-refractivity contribution in [2.45, 2.75) is 67.2 Å². The summed E-state index contributed by atoms with van der Waals surface area (Å²) < 4.78 is 6.49. The maximum absolute atomic E-state index is 9.41. The Morgan fingerprint density at radius 1 is 1.00 bits per heavy atom. The predicted octanol–water partition coefficient (Wildman–Crippen LogP) is 7.01. The SMILES string of the molecule is CC(C)(C)C1=[C-]CC=C1.COc1cc(O)cc(C(C)(C)C)c1.C[C](C)=[Ti+].Cl.Cl. The fourth-order valence-electron chi connectivity index (χ4n) is 2.05. The summed E-state index contributed by atoms with van der Waals surface area (Å²) >= 11 is 2.08. The first-order chi connectivity index (χ1) is 11.8. The van der Waals surface area contributed by atoms with E-state index in [1.54, 1.807) is 19.2 Å². The predicted molar refractivity (Wildman–Crippen MR) is 124 cm³/mol. The number of halogens is 2. The van der Waals surface area contributed by atoms with Crippen molar-refractivity contribution >= 4 is 28.6 Å². The van der Waals surface area contributed by atoms with Crippen LogP contribution in [0.5, 0.6) is 11.5 Å². The van der Waals surface area contributed by atoms with E-state index in [0.29, 0.717) is 11.2 Å². The average molecular weight is 464 g/mol. The minimum Gasteiger partial charge on any atom is -0.147 e. The first kappa shape index (κ1) is 32.1. The number of ether oxygens (including phenoxy) is 1. The van der Waals surface area contributed by atoms with E-state index >= 15 is 0 Å². The molecule has 2 rings (SSSR count).